The SMILES string of the molecule is CCC(CNC(=O)OCC1c2ccccc2-c2ccccc21)CC(=O)N1CCCCC1C(=O)O. The van der Waals surface area contributed by atoms with E-state index < -0.39 is 18.1 Å². The Morgan fingerprint density at radius 2 is 1.71 bits per heavy atom. The highest BCUT2D eigenvalue weighted by atomic mass is 16.5. The van der Waals surface area contributed by atoms with Gasteiger partial charge >= 0.3 is 12.1 Å². The first-order valence-electron chi connectivity index (χ1n) is 12.1. The molecule has 0 aromatic heterocycles. The number of hydrogen-bond acceptors (Lipinski definition) is 4. The maximum absolute atomic E-state index is 12.8. The summed E-state index contributed by atoms with van der Waals surface area (Å²) in [5.74, 6) is -1.19. The fourth-order valence-corrected chi connectivity index (χ4v) is 5.09. The highest BCUT2D eigenvalue weighted by Gasteiger charge is 2.33. The van der Waals surface area contributed by atoms with Crippen LogP contribution in [0.15, 0.2) is 48.5 Å². The number of amides is 2. The van der Waals surface area contributed by atoms with E-state index in [4.69, 9.17) is 4.74 Å². The average molecular weight is 465 g/mol. The number of likely N-dealkylation sites (tertiary alicyclic amines) is 1. The van der Waals surface area contributed by atoms with Crippen LogP contribution < -0.4 is 5.32 Å². The van der Waals surface area contributed by atoms with Crippen LogP contribution in [0.3, 0.4) is 0 Å². The van der Waals surface area contributed by atoms with E-state index in [1.54, 1.807) is 0 Å². The number of carbonyl (C=O) groups excluding carboxylic acids is 2. The molecule has 1 fully saturated rings. The lowest BCUT2D eigenvalue weighted by Crippen LogP contribution is -2.48. The number of fused-ring (bicyclic) bond motifs is 3. The van der Waals surface area contributed by atoms with Gasteiger partial charge < -0.3 is 20.1 Å². The maximum atomic E-state index is 12.8. The van der Waals surface area contributed by atoms with Crippen LogP contribution >= 0.6 is 0 Å². The van der Waals surface area contributed by atoms with E-state index in [-0.39, 0.29) is 30.8 Å². The van der Waals surface area contributed by atoms with Gasteiger partial charge in [0.1, 0.15) is 12.6 Å². The van der Waals surface area contributed by atoms with Gasteiger partial charge in [-0.2, -0.15) is 0 Å². The predicted octanol–water partition coefficient (Wildman–Crippen LogP) is 4.41. The summed E-state index contributed by atoms with van der Waals surface area (Å²) in [5.41, 5.74) is 4.66. The lowest BCUT2D eigenvalue weighted by atomic mass is 9.97. The van der Waals surface area contributed by atoms with Crippen molar-refractivity contribution in [3.8, 4) is 11.1 Å². The zero-order chi connectivity index (χ0) is 24.1. The molecule has 180 valence electrons. The molecule has 2 atom stereocenters. The van der Waals surface area contributed by atoms with Gasteiger partial charge in [-0.15, -0.1) is 0 Å². The summed E-state index contributed by atoms with van der Waals surface area (Å²) in [6.45, 7) is 2.99. The van der Waals surface area contributed by atoms with Crippen molar-refractivity contribution >= 4 is 18.0 Å². The van der Waals surface area contributed by atoms with Gasteiger partial charge in [0.2, 0.25) is 5.91 Å². The van der Waals surface area contributed by atoms with Crippen molar-refractivity contribution < 1.29 is 24.2 Å². The number of carboxylic acid groups (broad SMARTS) is 1. The number of piperidine rings is 1. The zero-order valence-corrected chi connectivity index (χ0v) is 19.5. The summed E-state index contributed by atoms with van der Waals surface area (Å²) < 4.78 is 5.58. The van der Waals surface area contributed by atoms with E-state index in [1.165, 1.54) is 16.0 Å². The molecule has 0 saturated carbocycles. The van der Waals surface area contributed by atoms with Crippen LogP contribution in [0, 0.1) is 5.92 Å². The van der Waals surface area contributed by atoms with Crippen molar-refractivity contribution in [2.24, 2.45) is 5.92 Å². The van der Waals surface area contributed by atoms with Gasteiger partial charge in [0, 0.05) is 25.4 Å². The van der Waals surface area contributed by atoms with Crippen LogP contribution in [-0.4, -0.2) is 53.7 Å². The predicted molar refractivity (Wildman–Crippen MR) is 128 cm³/mol. The summed E-state index contributed by atoms with van der Waals surface area (Å²) in [5, 5.41) is 12.2. The second kappa shape index (κ2) is 10.7. The molecule has 0 spiro atoms. The number of nitrogens with zero attached hydrogens (tertiary/aromatic N) is 1. The lowest BCUT2D eigenvalue weighted by Gasteiger charge is -2.34. The molecular weight excluding hydrogens is 432 g/mol. The van der Waals surface area contributed by atoms with Crippen molar-refractivity contribution in [2.75, 3.05) is 19.7 Å². The van der Waals surface area contributed by atoms with Gasteiger partial charge in [0.25, 0.3) is 0 Å². The van der Waals surface area contributed by atoms with Crippen molar-refractivity contribution in [3.05, 3.63) is 59.7 Å². The fraction of sp³-hybridized carbons (Fsp3) is 0.444. The fourth-order valence-electron chi connectivity index (χ4n) is 5.09. The van der Waals surface area contributed by atoms with Gasteiger partial charge in [0.05, 0.1) is 0 Å². The Bertz CT molecular complexity index is 1010. The smallest absolute Gasteiger partial charge is 0.407 e. The minimum Gasteiger partial charge on any atom is -0.480 e. The zero-order valence-electron chi connectivity index (χ0n) is 19.5. The van der Waals surface area contributed by atoms with E-state index in [9.17, 15) is 19.5 Å². The van der Waals surface area contributed by atoms with E-state index in [2.05, 4.69) is 29.6 Å². The highest BCUT2D eigenvalue weighted by molar-refractivity contribution is 5.84. The van der Waals surface area contributed by atoms with Crippen molar-refractivity contribution in [3.63, 3.8) is 0 Å². The first kappa shape index (κ1) is 23.8. The summed E-state index contributed by atoms with van der Waals surface area (Å²) in [4.78, 5) is 38.2. The summed E-state index contributed by atoms with van der Waals surface area (Å²) in [6.07, 6.45) is 2.54. The van der Waals surface area contributed by atoms with E-state index >= 15 is 0 Å². The molecule has 2 amide bonds. The largest absolute Gasteiger partial charge is 0.480 e. The second-order valence-electron chi connectivity index (χ2n) is 9.12. The Labute approximate surface area is 200 Å². The lowest BCUT2D eigenvalue weighted by molar-refractivity contribution is -0.152. The molecule has 2 unspecified atom stereocenters. The number of aliphatic carboxylic acids is 1. The molecule has 1 aliphatic carbocycles. The van der Waals surface area contributed by atoms with Crippen LogP contribution in [0.1, 0.15) is 56.1 Å². The van der Waals surface area contributed by atoms with E-state index in [1.807, 2.05) is 31.2 Å². The molecule has 2 N–H and O–H groups in total. The number of rotatable bonds is 8. The van der Waals surface area contributed by atoms with Crippen LogP contribution in [0.4, 0.5) is 4.79 Å². The van der Waals surface area contributed by atoms with Crippen molar-refractivity contribution in [1.29, 1.82) is 0 Å². The number of ether oxygens (including phenoxy) is 1. The molecule has 2 aromatic rings. The molecule has 2 aliphatic rings. The third-order valence-electron chi connectivity index (χ3n) is 7.03. The van der Waals surface area contributed by atoms with Gasteiger partial charge in [0.15, 0.2) is 0 Å². The van der Waals surface area contributed by atoms with Crippen molar-refractivity contribution in [1.82, 2.24) is 10.2 Å². The number of benzene rings is 2. The standard InChI is InChI=1S/C27H32N2O5/c1-2-18(15-25(30)29-14-8-7-13-24(29)26(31)32)16-28-27(33)34-17-23-21-11-5-3-9-19(21)20-10-4-6-12-22(20)23/h3-6,9-12,18,23-24H,2,7-8,13-17H2,1H3,(H,28,33)(H,31,32). The number of hydrogen-bond donors (Lipinski definition) is 2. The van der Waals surface area contributed by atoms with Gasteiger partial charge in [-0.1, -0.05) is 61.9 Å². The molecule has 0 radical (unpaired) electrons. The maximum Gasteiger partial charge on any atom is 0.407 e. The van der Waals surface area contributed by atoms with Gasteiger partial charge in [-0.05, 0) is 47.4 Å². The Morgan fingerprint density at radius 3 is 2.32 bits per heavy atom. The van der Waals surface area contributed by atoms with Crippen LogP contribution in [0.2, 0.25) is 0 Å². The molecule has 7 nitrogen and oxygen atoms in total. The molecule has 7 heteroatoms. The first-order chi connectivity index (χ1) is 16.5. The van der Waals surface area contributed by atoms with Crippen LogP contribution in [0.5, 0.6) is 0 Å². The summed E-state index contributed by atoms with van der Waals surface area (Å²) in [7, 11) is 0. The Balaban J connectivity index is 1.30. The molecule has 4 rings (SSSR count). The molecule has 0 bridgehead atoms. The highest BCUT2D eigenvalue weighted by Crippen LogP contribution is 2.44. The molecule has 34 heavy (non-hydrogen) atoms. The topological polar surface area (TPSA) is 95.9 Å². The molecular formula is C27H32N2O5. The minimum absolute atomic E-state index is 0.00578. The number of alkyl carbamates (subject to hydrolysis) is 1. The minimum atomic E-state index is -0.946. The van der Waals surface area contributed by atoms with Crippen molar-refractivity contribution in [2.45, 2.75) is 51.0 Å². The monoisotopic (exact) mass is 464 g/mol. The molecule has 1 saturated heterocycles. The normalized spacial score (nSPS) is 18.0. The van der Waals surface area contributed by atoms with E-state index in [0.29, 0.717) is 25.9 Å². The molecule has 1 aliphatic heterocycles. The Hall–Kier alpha value is -3.35. The third-order valence-corrected chi connectivity index (χ3v) is 7.03. The number of carboxylic acids is 1. The number of nitrogens with one attached hydrogen (secondary N) is 1. The van der Waals surface area contributed by atoms with Crippen LogP contribution in [-0.2, 0) is 14.3 Å². The van der Waals surface area contributed by atoms with Gasteiger partial charge in [-0.3, -0.25) is 4.79 Å². The quantitative estimate of drug-likeness (QED) is 0.603. The summed E-state index contributed by atoms with van der Waals surface area (Å²) in [6, 6.07) is 15.6. The summed E-state index contributed by atoms with van der Waals surface area (Å²) >= 11 is 0. The average Bonchev–Trinajstić information content (AvgIpc) is 3.18. The third kappa shape index (κ3) is 5.08. The molecule has 2 aromatic carbocycles. The molecule has 1 heterocycles. The first-order valence-corrected chi connectivity index (χ1v) is 12.1. The Morgan fingerprint density at radius 1 is 1.06 bits per heavy atom. The van der Waals surface area contributed by atoms with Gasteiger partial charge in [-0.25, -0.2) is 9.59 Å². The Kier molecular flexibility index (Phi) is 7.50. The second-order valence-corrected chi connectivity index (χ2v) is 9.12. The van der Waals surface area contributed by atoms with E-state index in [0.717, 1.165) is 24.0 Å². The van der Waals surface area contributed by atoms with Crippen LogP contribution in [0.25, 0.3) is 11.1 Å². The number of carbonyl (C=O) groups is 3.